The minimum Gasteiger partial charge on any atom is -0.489 e. The Hall–Kier alpha value is -5.60. The fraction of sp³-hybridized carbons (Fsp3) is 0.289. The highest BCUT2D eigenvalue weighted by Gasteiger charge is 2.27. The average Bonchev–Trinajstić information content (AvgIpc) is 3.17. The smallest absolute Gasteiger partial charge is 0.342 e. The van der Waals surface area contributed by atoms with Crippen molar-refractivity contribution in [1.29, 1.82) is 0 Å². The van der Waals surface area contributed by atoms with Gasteiger partial charge in [0.05, 0.1) is 13.2 Å². The second-order valence-corrected chi connectivity index (χ2v) is 13.0. The summed E-state index contributed by atoms with van der Waals surface area (Å²) in [5, 5.41) is 3.63. The molecule has 274 valence electrons. The van der Waals surface area contributed by atoms with Gasteiger partial charge in [0.2, 0.25) is 0 Å². The zero-order valence-corrected chi connectivity index (χ0v) is 30.5. The third kappa shape index (κ3) is 10.1. The van der Waals surface area contributed by atoms with Gasteiger partial charge in [-0.25, -0.2) is 9.59 Å². The van der Waals surface area contributed by atoms with Gasteiger partial charge in [-0.05, 0) is 84.7 Å². The van der Waals surface area contributed by atoms with E-state index in [1.807, 2.05) is 116 Å². The quantitative estimate of drug-likeness (QED) is 0.0899. The Bertz CT molecular complexity index is 1940. The number of carbonyl (C=O) groups excluding carboxylic acids is 2. The monoisotopic (exact) mass is 713 g/mol. The minimum atomic E-state index is -0.477. The molecular formula is C45H47NO7. The van der Waals surface area contributed by atoms with Gasteiger partial charge in [-0.3, -0.25) is 0 Å². The minimum absolute atomic E-state index is 0.232. The molecule has 1 aliphatic carbocycles. The van der Waals surface area contributed by atoms with Crippen LogP contribution in [0.3, 0.4) is 0 Å². The molecule has 0 radical (unpaired) electrons. The fourth-order valence-electron chi connectivity index (χ4n) is 6.28. The van der Waals surface area contributed by atoms with Crippen LogP contribution in [0, 0.1) is 0 Å². The van der Waals surface area contributed by atoms with Crippen molar-refractivity contribution in [3.63, 3.8) is 0 Å². The first-order valence-corrected chi connectivity index (χ1v) is 18.4. The first-order valence-electron chi connectivity index (χ1n) is 18.4. The third-order valence-corrected chi connectivity index (χ3v) is 9.28. The number of nitrogens with one attached hydrogen (secondary N) is 1. The molecule has 0 bridgehead atoms. The summed E-state index contributed by atoms with van der Waals surface area (Å²) in [5.74, 6) is 0.959. The average molecular weight is 714 g/mol. The largest absolute Gasteiger partial charge is 0.489 e. The van der Waals surface area contributed by atoms with Crippen molar-refractivity contribution in [2.45, 2.75) is 71.9 Å². The Morgan fingerprint density at radius 1 is 0.566 bits per heavy atom. The van der Waals surface area contributed by atoms with Crippen molar-refractivity contribution < 1.29 is 33.3 Å². The summed E-state index contributed by atoms with van der Waals surface area (Å²) in [4.78, 5) is 26.4. The van der Waals surface area contributed by atoms with Crippen molar-refractivity contribution >= 4 is 11.9 Å². The number of benzene rings is 5. The lowest BCUT2D eigenvalue weighted by Gasteiger charge is -2.29. The highest BCUT2D eigenvalue weighted by molar-refractivity contribution is 5.94. The van der Waals surface area contributed by atoms with Gasteiger partial charge in [0.25, 0.3) is 0 Å². The van der Waals surface area contributed by atoms with E-state index in [9.17, 15) is 9.59 Å². The molecule has 0 saturated heterocycles. The van der Waals surface area contributed by atoms with E-state index in [4.69, 9.17) is 23.7 Å². The van der Waals surface area contributed by atoms with Gasteiger partial charge in [-0.2, -0.15) is 0 Å². The summed E-state index contributed by atoms with van der Waals surface area (Å²) in [6.07, 6.45) is 3.28. The molecular weight excluding hydrogens is 666 g/mol. The number of hydrogen-bond acceptors (Lipinski definition) is 8. The molecule has 5 aromatic rings. The lowest BCUT2D eigenvalue weighted by molar-refractivity contribution is 0.0511. The van der Waals surface area contributed by atoms with Gasteiger partial charge < -0.3 is 29.0 Å². The van der Waals surface area contributed by atoms with Crippen LogP contribution in [0.25, 0.3) is 0 Å². The van der Waals surface area contributed by atoms with E-state index in [0.717, 1.165) is 52.6 Å². The lowest BCUT2D eigenvalue weighted by Crippen LogP contribution is -2.20. The fourth-order valence-corrected chi connectivity index (χ4v) is 6.28. The van der Waals surface area contributed by atoms with Gasteiger partial charge in [0, 0.05) is 18.7 Å². The molecule has 1 saturated carbocycles. The zero-order valence-electron chi connectivity index (χ0n) is 30.5. The summed E-state index contributed by atoms with van der Waals surface area (Å²) < 4.78 is 29.9. The zero-order chi connectivity index (χ0) is 36.8. The van der Waals surface area contributed by atoms with Gasteiger partial charge in [-0.1, -0.05) is 97.4 Å². The molecule has 53 heavy (non-hydrogen) atoms. The van der Waals surface area contributed by atoms with E-state index in [1.54, 1.807) is 13.0 Å². The molecule has 5 aromatic carbocycles. The molecule has 0 aromatic heterocycles. The number of hydrogen-bond donors (Lipinski definition) is 1. The van der Waals surface area contributed by atoms with E-state index >= 15 is 0 Å². The van der Waals surface area contributed by atoms with E-state index in [-0.39, 0.29) is 25.8 Å². The molecule has 1 aliphatic rings. The van der Waals surface area contributed by atoms with Crippen LogP contribution in [-0.2, 0) is 42.4 Å². The summed E-state index contributed by atoms with van der Waals surface area (Å²) in [5.41, 5.74) is 6.74. The van der Waals surface area contributed by atoms with Crippen LogP contribution in [0.4, 0.5) is 0 Å². The van der Waals surface area contributed by atoms with Crippen molar-refractivity contribution in [3.8, 4) is 17.2 Å². The second-order valence-electron chi connectivity index (χ2n) is 13.0. The Balaban J connectivity index is 1.30. The molecule has 1 N–H and O–H groups in total. The summed E-state index contributed by atoms with van der Waals surface area (Å²) >= 11 is 0. The Labute approximate surface area is 312 Å². The standard InChI is InChI=1S/C45H47NO7/c1-3-49-44(47)39-25-38(35-21-14-22-35)36(23-42(39)52-30-33-17-10-6-11-18-33)27-46-28-37-24-43(53-31-34-19-12-7-13-20-34)40(45(48)50-4-2)26-41(37)51-29-32-15-8-5-9-16-32/h5-13,15-20,23-26,35,46H,3-4,14,21-22,27-31H2,1-2H3. The molecule has 6 rings (SSSR count). The molecule has 8 heteroatoms. The van der Waals surface area contributed by atoms with Gasteiger partial charge in [-0.15, -0.1) is 0 Å². The molecule has 1 fully saturated rings. The molecule has 0 aliphatic heterocycles. The number of rotatable bonds is 18. The second kappa shape index (κ2) is 18.8. The van der Waals surface area contributed by atoms with E-state index < -0.39 is 5.97 Å². The van der Waals surface area contributed by atoms with Crippen molar-refractivity contribution in [2.75, 3.05) is 13.2 Å². The van der Waals surface area contributed by atoms with Gasteiger partial charge in [0.15, 0.2) is 0 Å². The Morgan fingerprint density at radius 3 is 1.45 bits per heavy atom. The molecule has 0 unspecified atom stereocenters. The maximum absolute atomic E-state index is 13.2. The van der Waals surface area contributed by atoms with E-state index in [0.29, 0.717) is 60.6 Å². The molecule has 0 atom stereocenters. The molecule has 0 spiro atoms. The van der Waals surface area contributed by atoms with Crippen LogP contribution in [0.1, 0.15) is 93.1 Å². The van der Waals surface area contributed by atoms with Crippen molar-refractivity contribution in [3.05, 3.63) is 160 Å². The summed E-state index contributed by atoms with van der Waals surface area (Å²) in [6, 6.07) is 37.2. The van der Waals surface area contributed by atoms with Crippen LogP contribution < -0.4 is 19.5 Å². The van der Waals surface area contributed by atoms with Crippen LogP contribution >= 0.6 is 0 Å². The Morgan fingerprint density at radius 2 is 1.00 bits per heavy atom. The number of ether oxygens (including phenoxy) is 5. The first-order chi connectivity index (χ1) is 26.0. The maximum Gasteiger partial charge on any atom is 0.342 e. The molecule has 0 heterocycles. The number of carbonyl (C=O) groups is 2. The lowest BCUT2D eigenvalue weighted by atomic mass is 9.77. The third-order valence-electron chi connectivity index (χ3n) is 9.28. The predicted octanol–water partition coefficient (Wildman–Crippen LogP) is 9.33. The predicted molar refractivity (Wildman–Crippen MR) is 204 cm³/mol. The van der Waals surface area contributed by atoms with Crippen molar-refractivity contribution in [1.82, 2.24) is 5.32 Å². The topological polar surface area (TPSA) is 92.3 Å². The van der Waals surface area contributed by atoms with Crippen molar-refractivity contribution in [2.24, 2.45) is 0 Å². The van der Waals surface area contributed by atoms with Crippen LogP contribution in [0.2, 0.25) is 0 Å². The highest BCUT2D eigenvalue weighted by atomic mass is 16.5. The SMILES string of the molecule is CCOC(=O)c1cc(OCc2ccccc2)c(CNCc2cc(OCc3ccccc3)c(C(=O)OCC)cc2C2CCC2)cc1OCc1ccccc1. The number of esters is 2. The summed E-state index contributed by atoms with van der Waals surface area (Å²) in [7, 11) is 0. The maximum atomic E-state index is 13.2. The van der Waals surface area contributed by atoms with Gasteiger partial charge >= 0.3 is 11.9 Å². The first kappa shape index (κ1) is 37.2. The van der Waals surface area contributed by atoms with Gasteiger partial charge in [0.1, 0.15) is 48.2 Å². The molecule has 0 amide bonds. The Kier molecular flexibility index (Phi) is 13.2. The normalized spacial score (nSPS) is 12.4. The highest BCUT2D eigenvalue weighted by Crippen LogP contribution is 2.41. The van der Waals surface area contributed by atoms with E-state index in [1.165, 1.54) is 0 Å². The van der Waals surface area contributed by atoms with Crippen LogP contribution in [-0.4, -0.2) is 25.2 Å². The molecule has 8 nitrogen and oxygen atoms in total. The van der Waals surface area contributed by atoms with E-state index in [2.05, 4.69) is 5.32 Å². The van der Waals surface area contributed by atoms with Crippen LogP contribution in [0.5, 0.6) is 17.2 Å². The van der Waals surface area contributed by atoms with Crippen LogP contribution in [0.15, 0.2) is 115 Å². The summed E-state index contributed by atoms with van der Waals surface area (Å²) in [6.45, 7) is 5.95.